The number of para-hydroxylation sites is 1. The van der Waals surface area contributed by atoms with Crippen molar-refractivity contribution in [2.24, 2.45) is 0 Å². The van der Waals surface area contributed by atoms with Crippen LogP contribution < -0.4 is 10.1 Å². The summed E-state index contributed by atoms with van der Waals surface area (Å²) in [5.41, 5.74) is 2.92. The smallest absolute Gasteiger partial charge is 0.119 e. The highest BCUT2D eigenvalue weighted by molar-refractivity contribution is 6.39. The molecule has 128 valence electrons. The average Bonchev–Trinajstić information content (AvgIpc) is 2.62. The van der Waals surface area contributed by atoms with Gasteiger partial charge in [0, 0.05) is 11.6 Å². The standard InChI is InChI=1S/C20H16Cl3NO/c21-16-8-4-15(5-9-16)13-25-17-10-6-14(7-11-17)12-24-20-18(22)2-1-3-19(20)23/h1-11,24H,12-13H2. The molecule has 0 spiro atoms. The van der Waals surface area contributed by atoms with Gasteiger partial charge in [-0.3, -0.25) is 0 Å². The normalized spacial score (nSPS) is 10.5. The van der Waals surface area contributed by atoms with Crippen molar-refractivity contribution in [1.29, 1.82) is 0 Å². The third-order valence-electron chi connectivity index (χ3n) is 3.67. The molecule has 3 aromatic rings. The molecule has 3 rings (SSSR count). The maximum Gasteiger partial charge on any atom is 0.119 e. The van der Waals surface area contributed by atoms with E-state index in [1.807, 2.05) is 66.7 Å². The van der Waals surface area contributed by atoms with Gasteiger partial charge in [0.15, 0.2) is 0 Å². The third kappa shape index (κ3) is 5.05. The summed E-state index contributed by atoms with van der Waals surface area (Å²) < 4.78 is 5.78. The molecule has 0 aliphatic rings. The molecule has 3 aromatic carbocycles. The van der Waals surface area contributed by atoms with Crippen LogP contribution in [0.5, 0.6) is 5.75 Å². The van der Waals surface area contributed by atoms with E-state index >= 15 is 0 Å². The van der Waals surface area contributed by atoms with Gasteiger partial charge < -0.3 is 10.1 Å². The van der Waals surface area contributed by atoms with Crippen molar-refractivity contribution in [2.45, 2.75) is 13.2 Å². The molecule has 0 aromatic heterocycles. The van der Waals surface area contributed by atoms with Crippen LogP contribution in [0.3, 0.4) is 0 Å². The molecule has 25 heavy (non-hydrogen) atoms. The predicted molar refractivity (Wildman–Crippen MR) is 106 cm³/mol. The van der Waals surface area contributed by atoms with Crippen molar-refractivity contribution < 1.29 is 4.74 Å². The monoisotopic (exact) mass is 391 g/mol. The van der Waals surface area contributed by atoms with Gasteiger partial charge in [-0.25, -0.2) is 0 Å². The number of hydrogen-bond acceptors (Lipinski definition) is 2. The minimum absolute atomic E-state index is 0.504. The molecule has 0 saturated carbocycles. The number of benzene rings is 3. The van der Waals surface area contributed by atoms with Crippen molar-refractivity contribution in [1.82, 2.24) is 0 Å². The Labute approximate surface area is 162 Å². The van der Waals surface area contributed by atoms with Gasteiger partial charge in [-0.1, -0.05) is 65.1 Å². The summed E-state index contributed by atoms with van der Waals surface area (Å²) in [7, 11) is 0. The van der Waals surface area contributed by atoms with E-state index in [2.05, 4.69) is 5.32 Å². The minimum atomic E-state index is 0.504. The Morgan fingerprint density at radius 3 is 1.96 bits per heavy atom. The van der Waals surface area contributed by atoms with E-state index in [9.17, 15) is 0 Å². The highest BCUT2D eigenvalue weighted by Gasteiger charge is 2.05. The topological polar surface area (TPSA) is 21.3 Å². The van der Waals surface area contributed by atoms with Gasteiger partial charge in [0.25, 0.3) is 0 Å². The van der Waals surface area contributed by atoms with E-state index in [1.165, 1.54) is 0 Å². The number of hydrogen-bond donors (Lipinski definition) is 1. The molecule has 5 heteroatoms. The first-order valence-corrected chi connectivity index (χ1v) is 8.89. The second kappa shape index (κ2) is 8.48. The minimum Gasteiger partial charge on any atom is -0.489 e. The maximum absolute atomic E-state index is 6.15. The maximum atomic E-state index is 6.15. The van der Waals surface area contributed by atoms with Crippen molar-refractivity contribution in [3.8, 4) is 5.75 Å². The van der Waals surface area contributed by atoms with Crippen LogP contribution in [-0.2, 0) is 13.2 Å². The van der Waals surface area contributed by atoms with Gasteiger partial charge in [0.05, 0.1) is 15.7 Å². The third-order valence-corrected chi connectivity index (χ3v) is 4.56. The zero-order valence-corrected chi connectivity index (χ0v) is 15.6. The lowest BCUT2D eigenvalue weighted by Gasteiger charge is -2.11. The molecule has 0 unspecified atom stereocenters. The lowest BCUT2D eigenvalue weighted by atomic mass is 10.2. The Bertz CT molecular complexity index is 812. The first-order chi connectivity index (χ1) is 12.1. The van der Waals surface area contributed by atoms with Crippen LogP contribution >= 0.6 is 34.8 Å². The van der Waals surface area contributed by atoms with Crippen LogP contribution in [0.25, 0.3) is 0 Å². The summed E-state index contributed by atoms with van der Waals surface area (Å²) >= 11 is 18.2. The second-order valence-corrected chi connectivity index (χ2v) is 6.76. The first kappa shape index (κ1) is 17.9. The quantitative estimate of drug-likeness (QED) is 0.496. The van der Waals surface area contributed by atoms with E-state index in [4.69, 9.17) is 39.5 Å². The summed E-state index contributed by atoms with van der Waals surface area (Å²) in [4.78, 5) is 0. The van der Waals surface area contributed by atoms with E-state index in [-0.39, 0.29) is 0 Å². The fourth-order valence-electron chi connectivity index (χ4n) is 2.31. The van der Waals surface area contributed by atoms with Gasteiger partial charge in [0.1, 0.15) is 12.4 Å². The SMILES string of the molecule is Clc1ccc(COc2ccc(CNc3c(Cl)cccc3Cl)cc2)cc1. The number of nitrogens with one attached hydrogen (secondary N) is 1. The fraction of sp³-hybridized carbons (Fsp3) is 0.100. The number of rotatable bonds is 6. The van der Waals surface area contributed by atoms with E-state index in [0.29, 0.717) is 23.2 Å². The van der Waals surface area contributed by atoms with E-state index in [1.54, 1.807) is 0 Å². The van der Waals surface area contributed by atoms with Crippen LogP contribution in [-0.4, -0.2) is 0 Å². The molecule has 0 bridgehead atoms. The number of ether oxygens (including phenoxy) is 1. The molecule has 0 fully saturated rings. The zero-order chi connectivity index (χ0) is 17.6. The number of halogens is 3. The highest BCUT2D eigenvalue weighted by Crippen LogP contribution is 2.30. The molecule has 0 atom stereocenters. The van der Waals surface area contributed by atoms with Crippen LogP contribution in [0.2, 0.25) is 15.1 Å². The Hall–Kier alpha value is -1.87. The molecular weight excluding hydrogens is 377 g/mol. The Kier molecular flexibility index (Phi) is 6.09. The number of anilines is 1. The molecule has 0 radical (unpaired) electrons. The Morgan fingerprint density at radius 1 is 0.720 bits per heavy atom. The largest absolute Gasteiger partial charge is 0.489 e. The molecule has 2 nitrogen and oxygen atoms in total. The molecule has 0 aliphatic carbocycles. The van der Waals surface area contributed by atoms with Crippen LogP contribution in [0.4, 0.5) is 5.69 Å². The summed E-state index contributed by atoms with van der Waals surface area (Å²) in [6.45, 7) is 1.13. The van der Waals surface area contributed by atoms with Crippen molar-refractivity contribution in [3.05, 3.63) is 92.9 Å². The van der Waals surface area contributed by atoms with E-state index in [0.717, 1.165) is 27.6 Å². The second-order valence-electron chi connectivity index (χ2n) is 5.51. The molecule has 0 saturated heterocycles. The van der Waals surface area contributed by atoms with Crippen LogP contribution in [0.1, 0.15) is 11.1 Å². The van der Waals surface area contributed by atoms with Gasteiger partial charge in [-0.05, 0) is 47.5 Å². The van der Waals surface area contributed by atoms with Crippen molar-refractivity contribution in [2.75, 3.05) is 5.32 Å². The molecule has 0 heterocycles. The summed E-state index contributed by atoms with van der Waals surface area (Å²) in [5.74, 6) is 0.814. The fourth-order valence-corrected chi connectivity index (χ4v) is 2.97. The Morgan fingerprint density at radius 2 is 1.32 bits per heavy atom. The molecule has 0 amide bonds. The summed E-state index contributed by atoms with van der Waals surface area (Å²) in [6, 6.07) is 21.0. The van der Waals surface area contributed by atoms with Crippen LogP contribution in [0, 0.1) is 0 Å². The molecular formula is C20H16Cl3NO. The Balaban J connectivity index is 1.56. The average molecular weight is 393 g/mol. The highest BCUT2D eigenvalue weighted by atomic mass is 35.5. The van der Waals surface area contributed by atoms with Gasteiger partial charge >= 0.3 is 0 Å². The molecule has 1 N–H and O–H groups in total. The van der Waals surface area contributed by atoms with Gasteiger partial charge in [-0.2, -0.15) is 0 Å². The van der Waals surface area contributed by atoms with Crippen LogP contribution in [0.15, 0.2) is 66.7 Å². The first-order valence-electron chi connectivity index (χ1n) is 7.76. The van der Waals surface area contributed by atoms with Gasteiger partial charge in [-0.15, -0.1) is 0 Å². The molecule has 0 aliphatic heterocycles. The lowest BCUT2D eigenvalue weighted by molar-refractivity contribution is 0.306. The van der Waals surface area contributed by atoms with Gasteiger partial charge in [0.2, 0.25) is 0 Å². The summed E-state index contributed by atoms with van der Waals surface area (Å²) in [5, 5.41) is 5.20. The van der Waals surface area contributed by atoms with Crippen molar-refractivity contribution in [3.63, 3.8) is 0 Å². The van der Waals surface area contributed by atoms with Crippen molar-refractivity contribution >= 4 is 40.5 Å². The van der Waals surface area contributed by atoms with E-state index < -0.39 is 0 Å². The predicted octanol–water partition coefficient (Wildman–Crippen LogP) is 6.84. The zero-order valence-electron chi connectivity index (χ0n) is 13.3. The lowest BCUT2D eigenvalue weighted by Crippen LogP contribution is -2.01. The summed E-state index contributed by atoms with van der Waals surface area (Å²) in [6.07, 6.45) is 0.